The molecule has 0 spiro atoms. The Labute approximate surface area is 355 Å². The molecule has 0 fully saturated rings. The summed E-state index contributed by atoms with van der Waals surface area (Å²) in [5.41, 5.74) is -4.67. The second-order valence-corrected chi connectivity index (χ2v) is 13.7. The van der Waals surface area contributed by atoms with E-state index in [4.69, 9.17) is 0 Å². The molecule has 0 saturated heterocycles. The minimum Gasteiger partial charge on any atom is -0.331 e. The first kappa shape index (κ1) is 62.8. The van der Waals surface area contributed by atoms with E-state index in [2.05, 4.69) is 20.8 Å². The molecule has 58 heavy (non-hydrogen) atoms. The molecule has 0 N–H and O–H groups in total. The summed E-state index contributed by atoms with van der Waals surface area (Å²) in [7, 11) is 0. The molecule has 0 atom stereocenters. The van der Waals surface area contributed by atoms with Gasteiger partial charge in [-0.2, -0.15) is 92.2 Å². The monoisotopic (exact) mass is 1040 g/mol. The first-order chi connectivity index (χ1) is 24.1. The van der Waals surface area contributed by atoms with Crippen molar-refractivity contribution in [3.8, 4) is 0 Å². The van der Waals surface area contributed by atoms with Gasteiger partial charge in [0, 0.05) is 0 Å². The van der Waals surface area contributed by atoms with Crippen molar-refractivity contribution in [2.75, 3.05) is 0 Å². The number of halogens is 21. The summed E-state index contributed by atoms with van der Waals surface area (Å²) >= 11 is 0. The molecule has 28 heteroatoms. The molecule has 0 unspecified atom stereocenters. The van der Waals surface area contributed by atoms with Crippen LogP contribution in [0.15, 0.2) is 0 Å². The number of hydrogen-bond acceptors (Lipinski definition) is 6. The molecule has 0 bridgehead atoms. The third kappa shape index (κ3) is 15.2. The van der Waals surface area contributed by atoms with Crippen molar-refractivity contribution < 1.29 is 170 Å². The van der Waals surface area contributed by atoms with E-state index in [1.54, 1.807) is 0 Å². The first-order valence-electron chi connectivity index (χ1n) is 14.4. The summed E-state index contributed by atoms with van der Waals surface area (Å²) in [6, 6.07) is 0. The van der Waals surface area contributed by atoms with Gasteiger partial charge < -0.3 is 35.2 Å². The first-order valence-corrected chi connectivity index (χ1v) is 14.4. The van der Waals surface area contributed by atoms with Gasteiger partial charge in [-0.25, -0.2) is 0 Å². The minimum atomic E-state index is -6.60. The normalized spacial score (nSPS) is 14.2. The molecule has 340 valence electrons. The number of rotatable bonds is 15. The molecule has 0 heterocycles. The van der Waals surface area contributed by atoms with Gasteiger partial charge in [-0.1, -0.05) is 41.5 Å². The molecule has 0 aromatic carbocycles. The van der Waals surface area contributed by atoms with E-state index in [0.29, 0.717) is 0 Å². The zero-order valence-electron chi connectivity index (χ0n) is 30.0. The minimum absolute atomic E-state index is 0. The van der Waals surface area contributed by atoms with Gasteiger partial charge in [0.05, 0.1) is 19.3 Å². The standard InChI is InChI=1S/3C10H10F7O2.Eu/c3*1-7(2,3)5(18)4-6(19)8(11,12)9(13,14)10(15,16)17;/h3*1,4H2,2-3H3;/q3*-1;+3. The Kier molecular flexibility index (Phi) is 21.1. The molecule has 0 amide bonds. The summed E-state index contributed by atoms with van der Waals surface area (Å²) in [6.45, 7) is 16.1. The fourth-order valence-electron chi connectivity index (χ4n) is 2.55. The topological polar surface area (TPSA) is 102 Å². The van der Waals surface area contributed by atoms with Gasteiger partial charge in [-0.15, -0.1) is 16.2 Å². The van der Waals surface area contributed by atoms with Crippen LogP contribution in [0.4, 0.5) is 92.2 Å². The van der Waals surface area contributed by atoms with Crippen molar-refractivity contribution in [1.82, 2.24) is 0 Å². The van der Waals surface area contributed by atoms with Crippen molar-refractivity contribution in [3.63, 3.8) is 0 Å². The average molecular weight is 1040 g/mol. The number of ketones is 6. The Bertz CT molecular complexity index is 1310. The Morgan fingerprint density at radius 3 is 0.517 bits per heavy atom. The Morgan fingerprint density at radius 1 is 0.310 bits per heavy atom. The van der Waals surface area contributed by atoms with Crippen LogP contribution < -0.4 is 0 Å². The summed E-state index contributed by atoms with van der Waals surface area (Å²) < 4.78 is 258. The van der Waals surface area contributed by atoms with Crippen LogP contribution in [-0.2, 0) is 28.8 Å². The van der Waals surface area contributed by atoms with Gasteiger partial charge in [-0.05, 0) is 0 Å². The molecular weight excluding hydrogens is 1010 g/mol. The van der Waals surface area contributed by atoms with E-state index in [1.165, 1.54) is 0 Å². The van der Waals surface area contributed by atoms with Crippen LogP contribution in [0.1, 0.15) is 60.8 Å². The molecule has 0 aromatic heterocycles. The van der Waals surface area contributed by atoms with Crippen LogP contribution in [0.3, 0.4) is 0 Å². The fourth-order valence-corrected chi connectivity index (χ4v) is 2.55. The maximum atomic E-state index is 12.8. The summed E-state index contributed by atoms with van der Waals surface area (Å²) in [4.78, 5) is 66.0. The zero-order valence-corrected chi connectivity index (χ0v) is 32.4. The second kappa shape index (κ2) is 19.5. The van der Waals surface area contributed by atoms with Gasteiger partial charge in [0.15, 0.2) is 0 Å². The van der Waals surface area contributed by atoms with Crippen LogP contribution in [0, 0.1) is 86.4 Å². The number of alkyl halides is 21. The number of carbonyl (C=O) groups is 6. The molecule has 0 radical (unpaired) electrons. The number of Topliss-reactive ketones (excluding diaryl/α,β-unsaturated/α-hetero) is 6. The largest absolute Gasteiger partial charge is 3.00 e. The third-order valence-corrected chi connectivity index (χ3v) is 6.53. The molecule has 6 nitrogen and oxygen atoms in total. The molecule has 0 saturated carbocycles. The van der Waals surface area contributed by atoms with Crippen molar-refractivity contribution in [1.29, 1.82) is 0 Å². The van der Waals surface area contributed by atoms with Crippen molar-refractivity contribution in [2.24, 2.45) is 16.2 Å². The quantitative estimate of drug-likeness (QED) is 0.0921. The van der Waals surface area contributed by atoms with Crippen LogP contribution in [0.5, 0.6) is 0 Å². The number of hydrogen-bond donors (Lipinski definition) is 0. The summed E-state index contributed by atoms with van der Waals surface area (Å²) in [5.74, 6) is -49.8. The molecule has 0 aromatic rings. The fraction of sp³-hybridized carbons (Fsp3) is 0.700. The Morgan fingerprint density at radius 2 is 0.431 bits per heavy atom. The van der Waals surface area contributed by atoms with Gasteiger partial charge in [0.2, 0.25) is 17.3 Å². The van der Waals surface area contributed by atoms with Crippen LogP contribution in [-0.4, -0.2) is 88.8 Å². The van der Waals surface area contributed by atoms with E-state index >= 15 is 0 Å². The molecule has 0 aliphatic carbocycles. The maximum Gasteiger partial charge on any atom is 3.00 e. The van der Waals surface area contributed by atoms with Crippen LogP contribution >= 0.6 is 0 Å². The molecule has 0 aliphatic rings. The average Bonchev–Trinajstić information content (AvgIpc) is 2.93. The zero-order chi connectivity index (χ0) is 47.6. The van der Waals surface area contributed by atoms with E-state index in [9.17, 15) is 121 Å². The predicted octanol–water partition coefficient (Wildman–Crippen LogP) is 9.62. The van der Waals surface area contributed by atoms with E-state index in [-0.39, 0.29) is 49.4 Å². The van der Waals surface area contributed by atoms with Gasteiger partial charge in [0.25, 0.3) is 0 Å². The van der Waals surface area contributed by atoms with Gasteiger partial charge in [-0.3, -0.25) is 14.4 Å². The third-order valence-electron chi connectivity index (χ3n) is 6.53. The predicted molar refractivity (Wildman–Crippen MR) is 149 cm³/mol. The van der Waals surface area contributed by atoms with Gasteiger partial charge in [0.1, 0.15) is 17.3 Å². The molecular formula is C30H30EuF21O6. The molecule has 0 aliphatic heterocycles. The van der Waals surface area contributed by atoms with Crippen molar-refractivity contribution >= 4 is 34.7 Å². The second-order valence-electron chi connectivity index (χ2n) is 13.7. The smallest absolute Gasteiger partial charge is 0.331 e. The van der Waals surface area contributed by atoms with Gasteiger partial charge >= 0.3 is 103 Å². The van der Waals surface area contributed by atoms with Crippen molar-refractivity contribution in [2.45, 2.75) is 115 Å². The summed E-state index contributed by atoms with van der Waals surface area (Å²) in [5, 5.41) is 0. The Hall–Kier alpha value is -1.87. The van der Waals surface area contributed by atoms with E-state index in [0.717, 1.165) is 41.5 Å². The summed E-state index contributed by atoms with van der Waals surface area (Å²) in [6.07, 6.45) is -25.1. The van der Waals surface area contributed by atoms with Crippen molar-refractivity contribution in [3.05, 3.63) is 20.8 Å². The number of carbonyl (C=O) groups excluding carboxylic acids is 6. The maximum absolute atomic E-state index is 12.8. The van der Waals surface area contributed by atoms with E-state index < -0.39 is 124 Å². The molecule has 0 rings (SSSR count). The van der Waals surface area contributed by atoms with Crippen LogP contribution in [0.2, 0.25) is 0 Å². The van der Waals surface area contributed by atoms with Crippen LogP contribution in [0.25, 0.3) is 0 Å². The SMILES string of the molecule is [CH2-]C(C)(C)C(=O)CC(=O)C(F)(F)C(F)(F)C(F)(F)F.[CH2-]C(C)(C)C(=O)CC(=O)C(F)(F)C(F)(F)C(F)(F)F.[CH2-]C(C)(C)C(=O)CC(=O)C(F)(F)C(F)(F)C(F)(F)F.[Eu+3]. The Balaban J connectivity index is -0.000000374. The van der Waals surface area contributed by atoms with E-state index in [1.807, 2.05) is 0 Å².